The van der Waals surface area contributed by atoms with Gasteiger partial charge in [0.05, 0.1) is 0 Å². The van der Waals surface area contributed by atoms with E-state index in [0.717, 1.165) is 18.0 Å². The average Bonchev–Trinajstić information content (AvgIpc) is 3.06. The Labute approximate surface area is 150 Å². The molecule has 2 aromatic rings. The predicted molar refractivity (Wildman–Crippen MR) is 95.6 cm³/mol. The van der Waals surface area contributed by atoms with Gasteiger partial charge in [0.25, 0.3) is 5.91 Å². The van der Waals surface area contributed by atoms with E-state index in [4.69, 9.17) is 11.6 Å². The number of nitrogens with one attached hydrogen (secondary N) is 1. The number of benzene rings is 1. The van der Waals surface area contributed by atoms with Crippen LogP contribution in [-0.4, -0.2) is 33.5 Å². The Hall–Kier alpha value is -1.99. The van der Waals surface area contributed by atoms with E-state index in [9.17, 15) is 9.59 Å². The normalized spacial score (nSPS) is 11.2. The second kappa shape index (κ2) is 7.72. The molecular weight excluding hydrogens is 348 g/mol. The van der Waals surface area contributed by atoms with E-state index in [1.165, 1.54) is 4.90 Å². The molecule has 0 radical (unpaired) electrons. The largest absolute Gasteiger partial charge is 0.350 e. The van der Waals surface area contributed by atoms with Gasteiger partial charge in [-0.05, 0) is 50.0 Å². The van der Waals surface area contributed by atoms with E-state index in [1.54, 1.807) is 29.6 Å². The van der Waals surface area contributed by atoms with Gasteiger partial charge < -0.3 is 5.32 Å². The fourth-order valence-electron chi connectivity index (χ4n) is 1.97. The van der Waals surface area contributed by atoms with Crippen LogP contribution in [0.15, 0.2) is 29.6 Å². The molecule has 1 N–H and O–H groups in total. The van der Waals surface area contributed by atoms with Gasteiger partial charge in [-0.3, -0.25) is 14.5 Å². The molecule has 1 aromatic heterocycles. The minimum atomic E-state index is -0.393. The second-order valence-electron chi connectivity index (χ2n) is 5.95. The van der Waals surface area contributed by atoms with Gasteiger partial charge >= 0.3 is 0 Å². The van der Waals surface area contributed by atoms with Gasteiger partial charge in [0, 0.05) is 21.6 Å². The maximum absolute atomic E-state index is 12.7. The number of halogens is 1. The molecule has 0 aliphatic carbocycles. The highest BCUT2D eigenvalue weighted by Crippen LogP contribution is 2.21. The first-order chi connectivity index (χ1) is 11.3. The summed E-state index contributed by atoms with van der Waals surface area (Å²) in [5.74, 6) is -0.645. The van der Waals surface area contributed by atoms with Crippen molar-refractivity contribution >= 4 is 40.6 Å². The lowest BCUT2D eigenvalue weighted by molar-refractivity contribution is -0.121. The van der Waals surface area contributed by atoms with Gasteiger partial charge in [0.2, 0.25) is 5.91 Å². The molecule has 1 aromatic carbocycles. The molecule has 24 heavy (non-hydrogen) atoms. The van der Waals surface area contributed by atoms with Crippen molar-refractivity contribution in [1.82, 2.24) is 14.9 Å². The molecule has 0 saturated heterocycles. The van der Waals surface area contributed by atoms with Crippen LogP contribution in [0.2, 0.25) is 5.02 Å². The molecule has 2 amide bonds. The number of carbonyl (C=O) groups excluding carboxylic acids is 2. The van der Waals surface area contributed by atoms with Crippen molar-refractivity contribution in [2.45, 2.75) is 32.7 Å². The lowest BCUT2D eigenvalue weighted by Crippen LogP contribution is -2.48. The third-order valence-corrected chi connectivity index (χ3v) is 4.35. The molecule has 2 rings (SSSR count). The Kier molecular flexibility index (Phi) is 5.90. The zero-order valence-corrected chi connectivity index (χ0v) is 15.3. The summed E-state index contributed by atoms with van der Waals surface area (Å²) in [6.45, 7) is 5.73. The lowest BCUT2D eigenvalue weighted by Gasteiger charge is -2.27. The first-order valence-corrected chi connectivity index (χ1v) is 8.69. The summed E-state index contributed by atoms with van der Waals surface area (Å²) in [6, 6.07) is 6.79. The van der Waals surface area contributed by atoms with E-state index < -0.39 is 5.91 Å². The Balaban J connectivity index is 2.26. The van der Waals surface area contributed by atoms with Crippen molar-refractivity contribution in [3.8, 4) is 0 Å². The zero-order chi connectivity index (χ0) is 17.7. The molecule has 6 nitrogen and oxygen atoms in total. The van der Waals surface area contributed by atoms with Crippen molar-refractivity contribution in [2.24, 2.45) is 0 Å². The van der Waals surface area contributed by atoms with E-state index >= 15 is 0 Å². The molecule has 128 valence electrons. The minimum absolute atomic E-state index is 0.125. The van der Waals surface area contributed by atoms with Crippen molar-refractivity contribution in [3.63, 3.8) is 0 Å². The molecule has 0 atom stereocenters. The molecule has 0 spiro atoms. The van der Waals surface area contributed by atoms with E-state index in [2.05, 4.69) is 14.9 Å². The van der Waals surface area contributed by atoms with Crippen LogP contribution in [0.3, 0.4) is 0 Å². The second-order valence-corrected chi connectivity index (χ2v) is 6.99. The van der Waals surface area contributed by atoms with Crippen LogP contribution in [0.4, 0.5) is 5.69 Å². The first-order valence-electron chi connectivity index (χ1n) is 7.48. The number of carbonyl (C=O) groups is 2. The van der Waals surface area contributed by atoms with E-state index in [1.807, 2.05) is 20.8 Å². The zero-order valence-electron chi connectivity index (χ0n) is 13.7. The van der Waals surface area contributed by atoms with E-state index in [-0.39, 0.29) is 23.7 Å². The van der Waals surface area contributed by atoms with Crippen LogP contribution in [0.25, 0.3) is 0 Å². The summed E-state index contributed by atoms with van der Waals surface area (Å²) in [4.78, 5) is 26.4. The topological polar surface area (TPSA) is 75.2 Å². The highest BCUT2D eigenvalue weighted by Gasteiger charge is 2.25. The van der Waals surface area contributed by atoms with Gasteiger partial charge in [-0.1, -0.05) is 29.1 Å². The summed E-state index contributed by atoms with van der Waals surface area (Å²) in [6.07, 6.45) is 0.778. The summed E-state index contributed by atoms with van der Waals surface area (Å²) in [5, 5.41) is 8.75. The van der Waals surface area contributed by atoms with Gasteiger partial charge in [-0.25, -0.2) is 0 Å². The van der Waals surface area contributed by atoms with Crippen LogP contribution < -0.4 is 10.2 Å². The third kappa shape index (κ3) is 4.75. The van der Waals surface area contributed by atoms with E-state index in [0.29, 0.717) is 10.7 Å². The van der Waals surface area contributed by atoms with Gasteiger partial charge in [-0.15, -0.1) is 5.10 Å². The maximum atomic E-state index is 12.7. The van der Waals surface area contributed by atoms with Crippen molar-refractivity contribution in [1.29, 1.82) is 0 Å². The van der Waals surface area contributed by atoms with Crippen molar-refractivity contribution in [3.05, 3.63) is 40.4 Å². The standard InChI is InChI=1S/C16H19ClN4O2S/c1-4-16(2,3)18-14(22)9-21(12-7-5-6-11(17)8-12)15(23)13-10-24-20-19-13/h5-8,10H,4,9H2,1-3H3,(H,18,22). The average molecular weight is 367 g/mol. The quantitative estimate of drug-likeness (QED) is 0.852. The number of aromatic nitrogens is 2. The SMILES string of the molecule is CCC(C)(C)NC(=O)CN(C(=O)c1csnn1)c1cccc(Cl)c1. The summed E-state index contributed by atoms with van der Waals surface area (Å²) < 4.78 is 3.71. The molecule has 8 heteroatoms. The number of hydrogen-bond acceptors (Lipinski definition) is 5. The Morgan fingerprint density at radius 2 is 2.12 bits per heavy atom. The van der Waals surface area contributed by atoms with Crippen LogP contribution >= 0.6 is 23.1 Å². The summed E-state index contributed by atoms with van der Waals surface area (Å²) in [7, 11) is 0. The molecular formula is C16H19ClN4O2S. The summed E-state index contributed by atoms with van der Waals surface area (Å²) in [5.41, 5.74) is 0.384. The highest BCUT2D eigenvalue weighted by molar-refractivity contribution is 7.03. The molecule has 0 fully saturated rings. The molecule has 0 saturated carbocycles. The predicted octanol–water partition coefficient (Wildman–Crippen LogP) is 3.14. The highest BCUT2D eigenvalue weighted by atomic mass is 35.5. The Bertz CT molecular complexity index is 719. The Morgan fingerprint density at radius 1 is 1.38 bits per heavy atom. The number of nitrogens with zero attached hydrogens (tertiary/aromatic N) is 3. The van der Waals surface area contributed by atoms with Gasteiger partial charge in [0.1, 0.15) is 6.54 Å². The number of rotatable bonds is 6. The number of amides is 2. The third-order valence-electron chi connectivity index (χ3n) is 3.61. The number of hydrogen-bond donors (Lipinski definition) is 1. The van der Waals surface area contributed by atoms with Crippen LogP contribution in [0.5, 0.6) is 0 Å². The monoisotopic (exact) mass is 366 g/mol. The van der Waals surface area contributed by atoms with Crippen LogP contribution in [-0.2, 0) is 4.79 Å². The van der Waals surface area contributed by atoms with Gasteiger partial charge in [-0.2, -0.15) is 0 Å². The smallest absolute Gasteiger partial charge is 0.280 e. The van der Waals surface area contributed by atoms with Crippen molar-refractivity contribution in [2.75, 3.05) is 11.4 Å². The van der Waals surface area contributed by atoms with Crippen LogP contribution in [0, 0.1) is 0 Å². The van der Waals surface area contributed by atoms with Crippen LogP contribution in [0.1, 0.15) is 37.7 Å². The molecule has 0 aliphatic heterocycles. The van der Waals surface area contributed by atoms with Crippen molar-refractivity contribution < 1.29 is 9.59 Å². The molecule has 0 unspecified atom stereocenters. The molecule has 0 bridgehead atoms. The first kappa shape index (κ1) is 18.4. The fraction of sp³-hybridized carbons (Fsp3) is 0.375. The Morgan fingerprint density at radius 3 is 2.71 bits per heavy atom. The number of anilines is 1. The fourth-order valence-corrected chi connectivity index (χ4v) is 2.58. The van der Waals surface area contributed by atoms with Gasteiger partial charge in [0.15, 0.2) is 5.69 Å². The lowest BCUT2D eigenvalue weighted by atomic mass is 10.0. The summed E-state index contributed by atoms with van der Waals surface area (Å²) >= 11 is 7.10. The minimum Gasteiger partial charge on any atom is -0.350 e. The maximum Gasteiger partial charge on any atom is 0.280 e. The molecule has 0 aliphatic rings. The molecule has 1 heterocycles.